The van der Waals surface area contributed by atoms with Gasteiger partial charge in [0.25, 0.3) is 0 Å². The van der Waals surface area contributed by atoms with Crippen LogP contribution in [-0.2, 0) is 0 Å². The van der Waals surface area contributed by atoms with Gasteiger partial charge in [-0.15, -0.1) is 11.3 Å². The minimum Gasteiger partial charge on any atom is -0.456 e. The molecule has 2 heterocycles. The third-order valence-electron chi connectivity index (χ3n) is 13.1. The predicted octanol–water partition coefficient (Wildman–Crippen LogP) is 18.4. The van der Waals surface area contributed by atoms with E-state index in [-0.39, 0.29) is 0 Å². The Labute approximate surface area is 380 Å². The number of hydrogen-bond acceptors (Lipinski definition) is 3. The Hall–Kier alpha value is -8.24. The first-order valence-corrected chi connectivity index (χ1v) is 23.0. The molecule has 65 heavy (non-hydrogen) atoms. The van der Waals surface area contributed by atoms with E-state index in [1.54, 1.807) is 0 Å². The number of anilines is 3. The van der Waals surface area contributed by atoms with E-state index in [2.05, 4.69) is 235 Å². The maximum Gasteiger partial charge on any atom is 0.136 e. The van der Waals surface area contributed by atoms with Crippen LogP contribution in [0.15, 0.2) is 241 Å². The van der Waals surface area contributed by atoms with E-state index in [4.69, 9.17) is 4.42 Å². The monoisotopic (exact) mass is 845 g/mol. The lowest BCUT2D eigenvalue weighted by Gasteiger charge is -2.31. The van der Waals surface area contributed by atoms with E-state index in [1.165, 1.54) is 69.5 Å². The summed E-state index contributed by atoms with van der Waals surface area (Å²) in [5, 5.41) is 9.73. The largest absolute Gasteiger partial charge is 0.456 e. The quantitative estimate of drug-likeness (QED) is 0.149. The molecule has 0 spiro atoms. The number of thiophene rings is 1. The Morgan fingerprint density at radius 3 is 1.54 bits per heavy atom. The highest BCUT2D eigenvalue weighted by Gasteiger charge is 2.24. The molecule has 13 rings (SSSR count). The molecule has 2 aromatic heterocycles. The van der Waals surface area contributed by atoms with Gasteiger partial charge in [0.15, 0.2) is 0 Å². The smallest absolute Gasteiger partial charge is 0.136 e. The normalized spacial score (nSPS) is 11.7. The molecule has 0 aliphatic rings. The highest BCUT2D eigenvalue weighted by molar-refractivity contribution is 7.26. The van der Waals surface area contributed by atoms with Crippen LogP contribution < -0.4 is 4.90 Å². The van der Waals surface area contributed by atoms with Gasteiger partial charge in [0.05, 0.1) is 5.69 Å². The van der Waals surface area contributed by atoms with Crippen molar-refractivity contribution >= 4 is 92.1 Å². The lowest BCUT2D eigenvalue weighted by Crippen LogP contribution is -2.12. The molecule has 0 aliphatic carbocycles. The minimum absolute atomic E-state index is 0.895. The summed E-state index contributed by atoms with van der Waals surface area (Å²) >= 11 is 1.87. The van der Waals surface area contributed by atoms with Crippen LogP contribution in [0.1, 0.15) is 0 Å². The van der Waals surface area contributed by atoms with E-state index in [0.29, 0.717) is 0 Å². The number of rotatable bonds is 7. The van der Waals surface area contributed by atoms with Crippen LogP contribution >= 0.6 is 11.3 Å². The lowest BCUT2D eigenvalue weighted by atomic mass is 9.89. The number of hydrogen-bond donors (Lipinski definition) is 0. The highest BCUT2D eigenvalue weighted by atomic mass is 32.1. The fourth-order valence-electron chi connectivity index (χ4n) is 10.1. The molecule has 0 N–H and O–H groups in total. The van der Waals surface area contributed by atoms with Crippen molar-refractivity contribution in [3.8, 4) is 44.5 Å². The van der Waals surface area contributed by atoms with Crippen molar-refractivity contribution in [1.29, 1.82) is 0 Å². The van der Waals surface area contributed by atoms with Crippen LogP contribution in [-0.4, -0.2) is 0 Å². The zero-order chi connectivity index (χ0) is 42.8. The van der Waals surface area contributed by atoms with Crippen LogP contribution in [0.5, 0.6) is 0 Å². The SMILES string of the molecule is c1ccc(-c2ccc(-c3c(N(c4ccc(-c5cccc6c5sc5ccccc56)cc4)c4ccc(-c5cccc6oc7ccccc7c56)cc4)c4ccccc4c4ccccc34)cc2)cc1. The summed E-state index contributed by atoms with van der Waals surface area (Å²) in [6.07, 6.45) is 0. The fourth-order valence-corrected chi connectivity index (χ4v) is 11.3. The van der Waals surface area contributed by atoms with Gasteiger partial charge in [-0.2, -0.15) is 0 Å². The summed E-state index contributed by atoms with van der Waals surface area (Å²) in [5.74, 6) is 0. The van der Waals surface area contributed by atoms with Crippen LogP contribution in [0.4, 0.5) is 17.1 Å². The molecule has 0 radical (unpaired) electrons. The summed E-state index contributed by atoms with van der Waals surface area (Å²) in [6, 6.07) is 86.1. The van der Waals surface area contributed by atoms with Crippen molar-refractivity contribution in [3.05, 3.63) is 237 Å². The van der Waals surface area contributed by atoms with Gasteiger partial charge in [-0.05, 0) is 97.6 Å². The average molecular weight is 846 g/mol. The zero-order valence-electron chi connectivity index (χ0n) is 35.3. The Balaban J connectivity index is 1.04. The molecule has 0 unspecified atom stereocenters. The van der Waals surface area contributed by atoms with E-state index in [9.17, 15) is 0 Å². The minimum atomic E-state index is 0.895. The molecule has 2 nitrogen and oxygen atoms in total. The second-order valence-corrected chi connectivity index (χ2v) is 17.8. The fraction of sp³-hybridized carbons (Fsp3) is 0. The third-order valence-corrected chi connectivity index (χ3v) is 14.3. The predicted molar refractivity (Wildman–Crippen MR) is 278 cm³/mol. The van der Waals surface area contributed by atoms with Crippen molar-refractivity contribution in [2.45, 2.75) is 0 Å². The molecule has 0 aliphatic heterocycles. The maximum atomic E-state index is 6.33. The zero-order valence-corrected chi connectivity index (χ0v) is 36.1. The van der Waals surface area contributed by atoms with Crippen molar-refractivity contribution in [2.24, 2.45) is 0 Å². The number of furan rings is 1. The van der Waals surface area contributed by atoms with E-state index in [1.807, 2.05) is 17.4 Å². The standard InChI is InChI=1S/C62H39NOS/c1-2-14-40(15-3-1)41-28-30-44(31-29-41)59-52-19-6-4-16-49(52)50-17-5-7-20-53(50)61(59)63(45-36-32-42(33-37-45)47-22-13-26-57-60(47)55-21-8-10-25-56(55)64-57)46-38-34-43(35-39-46)48-23-12-24-54-51-18-9-11-27-58(51)65-62(48)54/h1-39H. The molecular weight excluding hydrogens is 807 g/mol. The van der Waals surface area contributed by atoms with E-state index >= 15 is 0 Å². The summed E-state index contributed by atoms with van der Waals surface area (Å²) in [7, 11) is 0. The Morgan fingerprint density at radius 2 is 0.800 bits per heavy atom. The summed E-state index contributed by atoms with van der Waals surface area (Å²) in [4.78, 5) is 2.48. The summed E-state index contributed by atoms with van der Waals surface area (Å²) < 4.78 is 8.96. The Kier molecular flexibility index (Phi) is 8.75. The first-order chi connectivity index (χ1) is 32.2. The molecule has 0 fully saturated rings. The number of fused-ring (bicyclic) bond motifs is 9. The number of nitrogens with zero attached hydrogens (tertiary/aromatic N) is 1. The van der Waals surface area contributed by atoms with E-state index < -0.39 is 0 Å². The molecule has 0 amide bonds. The first-order valence-electron chi connectivity index (χ1n) is 22.2. The van der Waals surface area contributed by atoms with Gasteiger partial charge >= 0.3 is 0 Å². The van der Waals surface area contributed by atoms with Crippen molar-refractivity contribution in [1.82, 2.24) is 0 Å². The molecule has 13 aromatic rings. The van der Waals surface area contributed by atoms with Gasteiger partial charge in [-0.25, -0.2) is 0 Å². The molecule has 0 atom stereocenters. The summed E-state index contributed by atoms with van der Waals surface area (Å²) in [5.41, 5.74) is 14.6. The first kappa shape index (κ1) is 37.3. The molecular formula is C62H39NOS. The molecule has 0 bridgehead atoms. The third kappa shape index (κ3) is 6.16. The number of para-hydroxylation sites is 1. The van der Waals surface area contributed by atoms with E-state index in [0.717, 1.165) is 55.7 Å². The van der Waals surface area contributed by atoms with Gasteiger partial charge in [-0.1, -0.05) is 194 Å². The van der Waals surface area contributed by atoms with Gasteiger partial charge in [0.1, 0.15) is 11.2 Å². The highest BCUT2D eigenvalue weighted by Crippen LogP contribution is 2.50. The van der Waals surface area contributed by atoms with Crippen molar-refractivity contribution in [2.75, 3.05) is 4.90 Å². The number of benzene rings is 11. The topological polar surface area (TPSA) is 16.4 Å². The molecule has 0 saturated carbocycles. The molecule has 3 heteroatoms. The lowest BCUT2D eigenvalue weighted by molar-refractivity contribution is 0.669. The maximum absolute atomic E-state index is 6.33. The molecule has 304 valence electrons. The van der Waals surface area contributed by atoms with Crippen LogP contribution in [0.25, 0.3) is 108 Å². The van der Waals surface area contributed by atoms with Crippen molar-refractivity contribution in [3.63, 3.8) is 0 Å². The average Bonchev–Trinajstić information content (AvgIpc) is 3.96. The Bertz CT molecular complexity index is 3920. The van der Waals surface area contributed by atoms with Crippen LogP contribution in [0, 0.1) is 0 Å². The van der Waals surface area contributed by atoms with Gasteiger partial charge in [-0.3, -0.25) is 0 Å². The van der Waals surface area contributed by atoms with Gasteiger partial charge in [0, 0.05) is 53.3 Å². The second-order valence-electron chi connectivity index (χ2n) is 16.7. The van der Waals surface area contributed by atoms with Gasteiger partial charge in [0.2, 0.25) is 0 Å². The molecule has 0 saturated heterocycles. The molecule has 11 aromatic carbocycles. The van der Waals surface area contributed by atoms with Crippen LogP contribution in [0.2, 0.25) is 0 Å². The van der Waals surface area contributed by atoms with Gasteiger partial charge < -0.3 is 9.32 Å². The Morgan fingerprint density at radius 1 is 0.308 bits per heavy atom. The van der Waals surface area contributed by atoms with Crippen LogP contribution in [0.3, 0.4) is 0 Å². The van der Waals surface area contributed by atoms with Crippen molar-refractivity contribution < 1.29 is 4.42 Å². The summed E-state index contributed by atoms with van der Waals surface area (Å²) in [6.45, 7) is 0. The second kappa shape index (κ2) is 15.2.